The quantitative estimate of drug-likeness (QED) is 0.772. The summed E-state index contributed by atoms with van der Waals surface area (Å²) in [6, 6.07) is 8.04. The Kier molecular flexibility index (Phi) is 5.33. The van der Waals surface area contributed by atoms with Gasteiger partial charge in [-0.25, -0.2) is 0 Å². The van der Waals surface area contributed by atoms with Gasteiger partial charge in [0.2, 0.25) is 0 Å². The van der Waals surface area contributed by atoms with E-state index in [9.17, 15) is 0 Å². The second-order valence-electron chi connectivity index (χ2n) is 5.04. The van der Waals surface area contributed by atoms with Crippen molar-refractivity contribution in [3.05, 3.63) is 29.3 Å². The lowest BCUT2D eigenvalue weighted by Gasteiger charge is -2.18. The third kappa shape index (κ3) is 4.87. The zero-order valence-corrected chi connectivity index (χ0v) is 11.7. The van der Waals surface area contributed by atoms with E-state index in [0.717, 1.165) is 29.8 Å². The Morgan fingerprint density at radius 3 is 2.67 bits per heavy atom. The van der Waals surface area contributed by atoms with E-state index in [4.69, 9.17) is 16.3 Å². The molecule has 0 saturated heterocycles. The molecule has 0 aliphatic heterocycles. The van der Waals surface area contributed by atoms with Crippen LogP contribution in [0.1, 0.15) is 32.6 Å². The van der Waals surface area contributed by atoms with Crippen LogP contribution in [0.4, 0.5) is 0 Å². The lowest BCUT2D eigenvalue weighted by Crippen LogP contribution is -2.34. The van der Waals surface area contributed by atoms with E-state index >= 15 is 0 Å². The fourth-order valence-corrected chi connectivity index (χ4v) is 2.23. The Hall–Kier alpha value is -0.730. The Labute approximate surface area is 115 Å². The lowest BCUT2D eigenvalue weighted by atomic mass is 10.1. The molecule has 1 atom stereocenters. The normalized spacial score (nSPS) is 16.6. The molecular formula is C15H22ClNO. The minimum Gasteiger partial charge on any atom is -0.492 e. The molecule has 1 aromatic carbocycles. The van der Waals surface area contributed by atoms with Crippen molar-refractivity contribution >= 4 is 11.6 Å². The predicted octanol–water partition coefficient (Wildman–Crippen LogP) is 3.89. The minimum absolute atomic E-state index is 0.464. The average molecular weight is 268 g/mol. The molecule has 0 bridgehead atoms. The number of hydrogen-bond donors (Lipinski definition) is 1. The highest BCUT2D eigenvalue weighted by molar-refractivity contribution is 6.30. The van der Waals surface area contributed by atoms with Crippen LogP contribution >= 0.6 is 11.6 Å². The van der Waals surface area contributed by atoms with Crippen molar-refractivity contribution in [1.29, 1.82) is 0 Å². The summed E-state index contributed by atoms with van der Waals surface area (Å²) in [4.78, 5) is 0. The number of ether oxygens (including phenoxy) is 1. The molecule has 0 radical (unpaired) electrons. The van der Waals surface area contributed by atoms with Gasteiger partial charge in [-0.3, -0.25) is 0 Å². The van der Waals surface area contributed by atoms with Crippen LogP contribution in [0.15, 0.2) is 24.3 Å². The second kappa shape index (κ2) is 7.01. The van der Waals surface area contributed by atoms with Crippen molar-refractivity contribution in [2.45, 2.75) is 38.6 Å². The fraction of sp³-hybridized carbons (Fsp3) is 0.600. The first-order valence-corrected chi connectivity index (χ1v) is 7.27. The molecule has 18 heavy (non-hydrogen) atoms. The van der Waals surface area contributed by atoms with Gasteiger partial charge in [-0.05, 0) is 49.6 Å². The number of likely N-dealkylation sites (N-methyl/N-ethyl adjacent to an activating group) is 1. The highest BCUT2D eigenvalue weighted by Gasteiger charge is 2.22. The van der Waals surface area contributed by atoms with Crippen molar-refractivity contribution in [3.8, 4) is 5.75 Å². The van der Waals surface area contributed by atoms with Gasteiger partial charge < -0.3 is 10.1 Å². The van der Waals surface area contributed by atoms with Gasteiger partial charge in [0.1, 0.15) is 12.4 Å². The molecule has 0 spiro atoms. The molecular weight excluding hydrogens is 246 g/mol. The van der Waals surface area contributed by atoms with E-state index in [1.54, 1.807) is 0 Å². The second-order valence-corrected chi connectivity index (χ2v) is 5.48. The largest absolute Gasteiger partial charge is 0.492 e. The Morgan fingerprint density at radius 1 is 1.33 bits per heavy atom. The van der Waals surface area contributed by atoms with Crippen LogP contribution in [0.2, 0.25) is 5.02 Å². The van der Waals surface area contributed by atoms with Crippen LogP contribution in [0, 0.1) is 5.92 Å². The maximum absolute atomic E-state index is 5.85. The van der Waals surface area contributed by atoms with Crippen LogP contribution in [0.25, 0.3) is 0 Å². The smallest absolute Gasteiger partial charge is 0.119 e. The molecule has 1 unspecified atom stereocenters. The van der Waals surface area contributed by atoms with Crippen LogP contribution < -0.4 is 10.1 Å². The number of benzene rings is 1. The van der Waals surface area contributed by atoms with E-state index in [0.29, 0.717) is 6.04 Å². The minimum atomic E-state index is 0.464. The van der Waals surface area contributed by atoms with E-state index < -0.39 is 0 Å². The number of nitrogens with one attached hydrogen (secondary N) is 1. The van der Waals surface area contributed by atoms with E-state index in [-0.39, 0.29) is 0 Å². The molecule has 1 saturated carbocycles. The monoisotopic (exact) mass is 267 g/mol. The third-order valence-electron chi connectivity index (χ3n) is 3.38. The zero-order valence-electron chi connectivity index (χ0n) is 11.0. The molecule has 0 aromatic heterocycles. The van der Waals surface area contributed by atoms with Crippen LogP contribution in [0.3, 0.4) is 0 Å². The molecule has 1 aliphatic rings. The summed E-state index contributed by atoms with van der Waals surface area (Å²) in [6.07, 6.45) is 5.40. The summed E-state index contributed by atoms with van der Waals surface area (Å²) in [5.41, 5.74) is 0. The number of hydrogen-bond acceptors (Lipinski definition) is 2. The Balaban J connectivity index is 1.74. The van der Waals surface area contributed by atoms with Crippen LogP contribution in [-0.4, -0.2) is 19.2 Å². The molecule has 1 fully saturated rings. The van der Waals surface area contributed by atoms with Crippen molar-refractivity contribution in [2.24, 2.45) is 5.92 Å². The summed E-state index contributed by atoms with van der Waals surface area (Å²) in [6.45, 7) is 3.88. The van der Waals surface area contributed by atoms with Crippen molar-refractivity contribution in [3.63, 3.8) is 0 Å². The highest BCUT2D eigenvalue weighted by atomic mass is 35.5. The van der Waals surface area contributed by atoms with Gasteiger partial charge in [0.15, 0.2) is 0 Å². The number of rotatable bonds is 8. The van der Waals surface area contributed by atoms with Gasteiger partial charge in [0.05, 0.1) is 0 Å². The third-order valence-corrected chi connectivity index (χ3v) is 3.63. The fourth-order valence-electron chi connectivity index (χ4n) is 2.10. The SMILES string of the molecule is CCNC(CCC1CC1)COc1ccc(Cl)cc1. The number of halogens is 1. The Bertz CT molecular complexity index is 348. The molecule has 100 valence electrons. The van der Waals surface area contributed by atoms with Crippen molar-refractivity contribution < 1.29 is 4.74 Å². The van der Waals surface area contributed by atoms with Gasteiger partial charge in [-0.15, -0.1) is 0 Å². The molecule has 2 rings (SSSR count). The van der Waals surface area contributed by atoms with Crippen LogP contribution in [0.5, 0.6) is 5.75 Å². The molecule has 1 N–H and O–H groups in total. The zero-order chi connectivity index (χ0) is 12.8. The molecule has 1 aliphatic carbocycles. The maximum Gasteiger partial charge on any atom is 0.119 e. The average Bonchev–Trinajstić information content (AvgIpc) is 3.19. The van der Waals surface area contributed by atoms with Crippen molar-refractivity contribution in [2.75, 3.05) is 13.2 Å². The van der Waals surface area contributed by atoms with Gasteiger partial charge in [0.25, 0.3) is 0 Å². The van der Waals surface area contributed by atoms with Gasteiger partial charge in [0, 0.05) is 11.1 Å². The predicted molar refractivity (Wildman–Crippen MR) is 76.4 cm³/mol. The highest BCUT2D eigenvalue weighted by Crippen LogP contribution is 2.33. The topological polar surface area (TPSA) is 21.3 Å². The van der Waals surface area contributed by atoms with Crippen molar-refractivity contribution in [1.82, 2.24) is 5.32 Å². The maximum atomic E-state index is 5.85. The van der Waals surface area contributed by atoms with Gasteiger partial charge in [-0.2, -0.15) is 0 Å². The summed E-state index contributed by atoms with van der Waals surface area (Å²) >= 11 is 5.85. The summed E-state index contributed by atoms with van der Waals surface area (Å²) < 4.78 is 5.81. The van der Waals surface area contributed by atoms with Gasteiger partial charge >= 0.3 is 0 Å². The molecule has 3 heteroatoms. The lowest BCUT2D eigenvalue weighted by molar-refractivity contribution is 0.254. The molecule has 1 aromatic rings. The molecule has 0 heterocycles. The standard InChI is InChI=1S/C15H22ClNO/c1-2-17-14(8-5-12-3-4-12)11-18-15-9-6-13(16)7-10-15/h6-7,9-10,12,14,17H,2-5,8,11H2,1H3. The van der Waals surface area contributed by atoms with E-state index in [2.05, 4.69) is 12.2 Å². The first-order chi connectivity index (χ1) is 8.78. The molecule has 0 amide bonds. The van der Waals surface area contributed by atoms with E-state index in [1.165, 1.54) is 25.7 Å². The first kappa shape index (κ1) is 13.7. The van der Waals surface area contributed by atoms with Crippen LogP contribution in [-0.2, 0) is 0 Å². The first-order valence-electron chi connectivity index (χ1n) is 6.89. The molecule has 2 nitrogen and oxygen atoms in total. The van der Waals surface area contributed by atoms with Gasteiger partial charge in [-0.1, -0.05) is 31.4 Å². The van der Waals surface area contributed by atoms with E-state index in [1.807, 2.05) is 24.3 Å². The summed E-state index contributed by atoms with van der Waals surface area (Å²) in [5.74, 6) is 1.88. The summed E-state index contributed by atoms with van der Waals surface area (Å²) in [5, 5.41) is 4.25. The Morgan fingerprint density at radius 2 is 2.06 bits per heavy atom. The summed E-state index contributed by atoms with van der Waals surface area (Å²) in [7, 11) is 0.